The Hall–Kier alpha value is -3.96. The third kappa shape index (κ3) is 4.87. The van der Waals surface area contributed by atoms with Crippen LogP contribution in [0.15, 0.2) is 53.2 Å². The number of hydrogen-bond donors (Lipinski definition) is 4. The molecule has 0 atom stereocenters. The Morgan fingerprint density at radius 3 is 2.59 bits per heavy atom. The highest BCUT2D eigenvalue weighted by Crippen LogP contribution is 2.33. The number of carbonyl (C=O) groups is 1. The van der Waals surface area contributed by atoms with Gasteiger partial charge in [-0.1, -0.05) is 49.4 Å². The lowest BCUT2D eigenvalue weighted by atomic mass is 9.93. The summed E-state index contributed by atoms with van der Waals surface area (Å²) in [5.41, 5.74) is 9.37. The van der Waals surface area contributed by atoms with Crippen LogP contribution in [0.5, 0.6) is 0 Å². The van der Waals surface area contributed by atoms with Gasteiger partial charge in [0.2, 0.25) is 0 Å². The largest absolute Gasteiger partial charge is 0.368 e. The van der Waals surface area contributed by atoms with Crippen molar-refractivity contribution < 1.29 is 9.32 Å². The van der Waals surface area contributed by atoms with Crippen LogP contribution in [-0.2, 0) is 5.41 Å². The summed E-state index contributed by atoms with van der Waals surface area (Å²) in [6.45, 7) is 6.79. The van der Waals surface area contributed by atoms with Gasteiger partial charge in [0.15, 0.2) is 10.8 Å². The maximum absolute atomic E-state index is 12.4. The van der Waals surface area contributed by atoms with E-state index < -0.39 is 6.03 Å². The molecule has 1 aliphatic carbocycles. The van der Waals surface area contributed by atoms with Gasteiger partial charge in [-0.25, -0.2) is 14.8 Å². The quantitative estimate of drug-likeness (QED) is 0.236. The van der Waals surface area contributed by atoms with E-state index in [0.717, 1.165) is 51.8 Å². The average Bonchev–Trinajstić information content (AvgIpc) is 3.19. The molecular formula is C26H28N8O2S. The van der Waals surface area contributed by atoms with Crippen molar-refractivity contribution in [1.82, 2.24) is 19.5 Å². The summed E-state index contributed by atoms with van der Waals surface area (Å²) in [6.07, 6.45) is 4.13. The molecule has 5 N–H and O–H groups in total. The van der Waals surface area contributed by atoms with Gasteiger partial charge in [-0.2, -0.15) is 0 Å². The lowest BCUT2D eigenvalue weighted by molar-refractivity contribution is 0.262. The number of benzene rings is 1. The number of nitrogens with two attached hydrogens (primary N) is 1. The van der Waals surface area contributed by atoms with Crippen molar-refractivity contribution in [3.8, 4) is 11.3 Å². The highest BCUT2D eigenvalue weighted by atomic mass is 32.1. The lowest BCUT2D eigenvalue weighted by Gasteiger charge is -2.12. The van der Waals surface area contributed by atoms with E-state index in [2.05, 4.69) is 31.6 Å². The van der Waals surface area contributed by atoms with Crippen molar-refractivity contribution in [3.63, 3.8) is 0 Å². The highest BCUT2D eigenvalue weighted by Gasteiger charge is 2.37. The number of aromatic nitrogens is 4. The summed E-state index contributed by atoms with van der Waals surface area (Å²) in [5, 5.41) is 12.8. The molecule has 0 bridgehead atoms. The molecule has 0 spiro atoms. The van der Waals surface area contributed by atoms with E-state index >= 15 is 0 Å². The lowest BCUT2D eigenvalue weighted by Crippen LogP contribution is -2.31. The molecule has 4 heterocycles. The Balaban J connectivity index is 1.13. The van der Waals surface area contributed by atoms with Crippen LogP contribution >= 0.6 is 11.3 Å². The SMILES string of the molecule is CC(C)(C)c1cc(NC(=O)Nc2ccc(-c3cn4c(n3)sc3nc(NCC5(N)CC5)ccc34)cc2)no1. The molecule has 190 valence electrons. The second kappa shape index (κ2) is 8.56. The summed E-state index contributed by atoms with van der Waals surface area (Å²) >= 11 is 1.55. The van der Waals surface area contributed by atoms with E-state index in [0.29, 0.717) is 17.3 Å². The number of hydrogen-bond acceptors (Lipinski definition) is 8. The van der Waals surface area contributed by atoms with Crippen LogP contribution in [0.3, 0.4) is 0 Å². The average molecular weight is 517 g/mol. The first kappa shape index (κ1) is 23.4. The monoisotopic (exact) mass is 516 g/mol. The number of imidazole rings is 1. The van der Waals surface area contributed by atoms with Crippen molar-refractivity contribution in [2.75, 3.05) is 22.5 Å². The smallest absolute Gasteiger partial charge is 0.324 e. The Kier molecular flexibility index (Phi) is 5.42. The minimum atomic E-state index is -0.393. The first-order chi connectivity index (χ1) is 17.6. The molecule has 0 aliphatic heterocycles. The third-order valence-corrected chi connectivity index (χ3v) is 7.37. The predicted molar refractivity (Wildman–Crippen MR) is 146 cm³/mol. The van der Waals surface area contributed by atoms with Crippen molar-refractivity contribution in [1.29, 1.82) is 0 Å². The van der Waals surface area contributed by atoms with Crippen molar-refractivity contribution in [2.24, 2.45) is 5.73 Å². The summed E-state index contributed by atoms with van der Waals surface area (Å²) in [4.78, 5) is 23.7. The molecule has 5 aromatic rings. The van der Waals surface area contributed by atoms with Gasteiger partial charge in [0, 0.05) is 41.0 Å². The van der Waals surface area contributed by atoms with Gasteiger partial charge in [0.25, 0.3) is 0 Å². The van der Waals surface area contributed by atoms with Crippen LogP contribution in [0, 0.1) is 0 Å². The summed E-state index contributed by atoms with van der Waals surface area (Å²) in [7, 11) is 0. The van der Waals surface area contributed by atoms with Crippen LogP contribution in [-0.4, -0.2) is 37.6 Å². The van der Waals surface area contributed by atoms with Crippen molar-refractivity contribution in [3.05, 3.63) is 54.4 Å². The van der Waals surface area contributed by atoms with Crippen LogP contribution < -0.4 is 21.7 Å². The Labute approximate surface area is 217 Å². The second-order valence-corrected chi connectivity index (χ2v) is 11.6. The van der Waals surface area contributed by atoms with Crippen molar-refractivity contribution >= 4 is 50.0 Å². The number of pyridine rings is 1. The van der Waals surface area contributed by atoms with Crippen molar-refractivity contribution in [2.45, 2.75) is 44.6 Å². The van der Waals surface area contributed by atoms with Gasteiger partial charge in [-0.3, -0.25) is 9.72 Å². The first-order valence-electron chi connectivity index (χ1n) is 12.1. The van der Waals surface area contributed by atoms with E-state index in [1.54, 1.807) is 17.4 Å². The number of urea groups is 1. The zero-order valence-corrected chi connectivity index (χ0v) is 21.6. The molecule has 11 heteroatoms. The maximum atomic E-state index is 12.4. The maximum Gasteiger partial charge on any atom is 0.324 e. The fraction of sp³-hybridized carbons (Fsp3) is 0.308. The molecule has 37 heavy (non-hydrogen) atoms. The molecule has 2 amide bonds. The van der Waals surface area contributed by atoms with E-state index in [-0.39, 0.29) is 11.0 Å². The molecule has 10 nitrogen and oxygen atoms in total. The van der Waals surface area contributed by atoms with E-state index in [4.69, 9.17) is 20.2 Å². The van der Waals surface area contributed by atoms with E-state index in [1.165, 1.54) is 0 Å². The first-order valence-corrected chi connectivity index (χ1v) is 12.9. The predicted octanol–water partition coefficient (Wildman–Crippen LogP) is 5.44. The van der Waals surface area contributed by atoms with Gasteiger partial charge >= 0.3 is 6.03 Å². The topological polar surface area (TPSA) is 135 Å². The number of thiazole rings is 1. The summed E-state index contributed by atoms with van der Waals surface area (Å²) in [6, 6.07) is 12.9. The molecule has 1 aliphatic rings. The summed E-state index contributed by atoms with van der Waals surface area (Å²) < 4.78 is 7.37. The number of amides is 2. The zero-order chi connectivity index (χ0) is 25.8. The Bertz CT molecular complexity index is 1610. The molecule has 0 saturated heterocycles. The third-order valence-electron chi connectivity index (χ3n) is 6.40. The van der Waals surface area contributed by atoms with Gasteiger partial charge in [0.1, 0.15) is 16.4 Å². The number of nitrogens with zero attached hydrogens (tertiary/aromatic N) is 4. The standard InChI is InChI=1S/C26H28N8O2S/c1-25(2,3)19-12-21(33-36-19)32-23(35)29-16-6-4-15(5-7-16)17-13-34-18-8-9-20(28-14-26(27)10-11-26)31-22(18)37-24(34)30-17/h4-9,12-13H,10-11,14,27H2,1-3H3,(H,28,31)(H2,29,32,33,35). The minimum absolute atomic E-state index is 0.0718. The number of anilines is 3. The van der Waals surface area contributed by atoms with Gasteiger partial charge in [0.05, 0.1) is 11.2 Å². The normalized spacial score (nSPS) is 14.7. The molecule has 1 aromatic carbocycles. The van der Waals surface area contributed by atoms with Gasteiger partial charge in [-0.05, 0) is 37.1 Å². The van der Waals surface area contributed by atoms with Crippen LogP contribution in [0.25, 0.3) is 26.6 Å². The molecule has 4 aromatic heterocycles. The molecule has 0 unspecified atom stereocenters. The van der Waals surface area contributed by atoms with E-state index in [1.807, 2.05) is 57.3 Å². The van der Waals surface area contributed by atoms with Crippen LogP contribution in [0.4, 0.5) is 22.1 Å². The minimum Gasteiger partial charge on any atom is -0.368 e. The zero-order valence-electron chi connectivity index (χ0n) is 20.8. The second-order valence-electron chi connectivity index (χ2n) is 10.6. The number of rotatable bonds is 6. The number of carbonyl (C=O) groups excluding carboxylic acids is 1. The summed E-state index contributed by atoms with van der Waals surface area (Å²) in [5.74, 6) is 1.90. The van der Waals surface area contributed by atoms with Crippen LogP contribution in [0.1, 0.15) is 39.4 Å². The van der Waals surface area contributed by atoms with Gasteiger partial charge in [-0.15, -0.1) is 0 Å². The highest BCUT2D eigenvalue weighted by molar-refractivity contribution is 7.23. The van der Waals surface area contributed by atoms with Gasteiger partial charge < -0.3 is 20.9 Å². The molecule has 1 fully saturated rings. The molecule has 0 radical (unpaired) electrons. The molecule has 6 rings (SSSR count). The number of nitrogens with one attached hydrogen (secondary N) is 3. The fourth-order valence-electron chi connectivity index (χ4n) is 3.92. The molecular weight excluding hydrogens is 488 g/mol. The molecule has 1 saturated carbocycles. The van der Waals surface area contributed by atoms with E-state index in [9.17, 15) is 4.79 Å². The van der Waals surface area contributed by atoms with Crippen LogP contribution in [0.2, 0.25) is 0 Å². The Morgan fingerprint density at radius 1 is 1.11 bits per heavy atom. The fourth-order valence-corrected chi connectivity index (χ4v) is 4.90. The number of fused-ring (bicyclic) bond motifs is 3. The Morgan fingerprint density at radius 2 is 1.89 bits per heavy atom.